The second-order valence-electron chi connectivity index (χ2n) is 6.79. The van der Waals surface area contributed by atoms with Crippen LogP contribution in [0.4, 0.5) is 5.69 Å². The van der Waals surface area contributed by atoms with Gasteiger partial charge in [0.2, 0.25) is 0 Å². The Balaban J connectivity index is 1.76. The minimum Gasteiger partial charge on any atom is -0.478 e. The van der Waals surface area contributed by atoms with Gasteiger partial charge in [0.05, 0.1) is 22.5 Å². The van der Waals surface area contributed by atoms with Gasteiger partial charge < -0.3 is 5.11 Å². The Morgan fingerprint density at radius 1 is 0.967 bits per heavy atom. The Kier molecular flexibility index (Phi) is 5.13. The number of aliphatic imine (C=N–C) groups is 1. The normalized spacial score (nSPS) is 11.1. The Hall–Kier alpha value is -4.19. The van der Waals surface area contributed by atoms with Crippen LogP contribution in [0, 0.1) is 6.92 Å². The second-order valence-corrected chi connectivity index (χ2v) is 6.79. The molecule has 3 aromatic carbocycles. The Labute approximate surface area is 172 Å². The highest BCUT2D eigenvalue weighted by atomic mass is 16.4. The standard InChI is InChI=1S/C24H19N3O3/c1-16-21(23(28)27(26-16)19-10-6-3-7-11-19)15-25-22-14-18(12-13-20(22)24(29)30)17-8-4-2-5-9-17/h2-15,26H,1H3,(H,29,30). The molecule has 0 bridgehead atoms. The van der Waals surface area contributed by atoms with E-state index in [4.69, 9.17) is 0 Å². The topological polar surface area (TPSA) is 87.5 Å². The number of aromatic amines is 1. The van der Waals surface area contributed by atoms with Gasteiger partial charge in [-0.25, -0.2) is 9.48 Å². The molecule has 0 aliphatic heterocycles. The van der Waals surface area contributed by atoms with E-state index in [1.807, 2.05) is 60.7 Å². The summed E-state index contributed by atoms with van der Waals surface area (Å²) in [5.41, 5.74) is 3.64. The van der Waals surface area contributed by atoms with Gasteiger partial charge in [0.25, 0.3) is 5.56 Å². The van der Waals surface area contributed by atoms with Crippen LogP contribution >= 0.6 is 0 Å². The fraction of sp³-hybridized carbons (Fsp3) is 0.0417. The first kappa shape index (κ1) is 19.1. The van der Waals surface area contributed by atoms with E-state index in [-0.39, 0.29) is 16.8 Å². The molecular weight excluding hydrogens is 378 g/mol. The number of aromatic nitrogens is 2. The van der Waals surface area contributed by atoms with E-state index in [0.717, 1.165) is 11.1 Å². The summed E-state index contributed by atoms with van der Waals surface area (Å²) in [4.78, 5) is 28.9. The van der Waals surface area contributed by atoms with Crippen molar-refractivity contribution < 1.29 is 9.90 Å². The molecule has 0 aliphatic carbocycles. The Morgan fingerprint density at radius 3 is 2.30 bits per heavy atom. The molecule has 0 unspecified atom stereocenters. The zero-order chi connectivity index (χ0) is 21.1. The van der Waals surface area contributed by atoms with Gasteiger partial charge in [-0.15, -0.1) is 0 Å². The molecule has 0 radical (unpaired) electrons. The van der Waals surface area contributed by atoms with Gasteiger partial charge in [0.15, 0.2) is 0 Å². The van der Waals surface area contributed by atoms with Gasteiger partial charge in [-0.1, -0.05) is 54.6 Å². The van der Waals surface area contributed by atoms with Crippen LogP contribution in [-0.4, -0.2) is 27.1 Å². The van der Waals surface area contributed by atoms with Crippen LogP contribution in [0.2, 0.25) is 0 Å². The summed E-state index contributed by atoms with van der Waals surface area (Å²) in [5, 5.41) is 12.6. The SMILES string of the molecule is Cc1[nH]n(-c2ccccc2)c(=O)c1C=Nc1cc(-c2ccccc2)ccc1C(=O)O. The number of para-hydroxylation sites is 1. The highest BCUT2D eigenvalue weighted by molar-refractivity contribution is 5.96. The molecule has 2 N–H and O–H groups in total. The van der Waals surface area contributed by atoms with Crippen molar-refractivity contribution in [3.05, 3.63) is 106 Å². The molecule has 0 amide bonds. The lowest BCUT2D eigenvalue weighted by atomic mass is 10.0. The quantitative estimate of drug-likeness (QED) is 0.483. The van der Waals surface area contributed by atoms with E-state index in [9.17, 15) is 14.7 Å². The average Bonchev–Trinajstić information content (AvgIpc) is 3.06. The number of hydrogen-bond donors (Lipinski definition) is 2. The van der Waals surface area contributed by atoms with Gasteiger partial charge >= 0.3 is 5.97 Å². The fourth-order valence-corrected chi connectivity index (χ4v) is 3.23. The lowest BCUT2D eigenvalue weighted by Gasteiger charge is -2.06. The van der Waals surface area contributed by atoms with Gasteiger partial charge in [0, 0.05) is 11.9 Å². The van der Waals surface area contributed by atoms with Crippen LogP contribution in [0.25, 0.3) is 16.8 Å². The summed E-state index contributed by atoms with van der Waals surface area (Å²) in [6, 6.07) is 23.8. The fourth-order valence-electron chi connectivity index (χ4n) is 3.23. The van der Waals surface area contributed by atoms with Crippen LogP contribution in [-0.2, 0) is 0 Å². The Morgan fingerprint density at radius 2 is 1.63 bits per heavy atom. The van der Waals surface area contributed by atoms with Crippen molar-refractivity contribution in [2.75, 3.05) is 0 Å². The number of aromatic carboxylic acids is 1. The van der Waals surface area contributed by atoms with Crippen molar-refractivity contribution in [2.45, 2.75) is 6.92 Å². The van der Waals surface area contributed by atoms with Crippen LogP contribution in [0.1, 0.15) is 21.6 Å². The molecule has 0 spiro atoms. The van der Waals surface area contributed by atoms with Crippen molar-refractivity contribution in [1.29, 1.82) is 0 Å². The van der Waals surface area contributed by atoms with E-state index >= 15 is 0 Å². The highest BCUT2D eigenvalue weighted by Crippen LogP contribution is 2.27. The summed E-state index contributed by atoms with van der Waals surface area (Å²) in [5.74, 6) is -1.07. The molecule has 148 valence electrons. The zero-order valence-electron chi connectivity index (χ0n) is 16.2. The van der Waals surface area contributed by atoms with Crippen molar-refractivity contribution in [3.63, 3.8) is 0 Å². The molecule has 4 rings (SSSR count). The van der Waals surface area contributed by atoms with Crippen molar-refractivity contribution in [1.82, 2.24) is 9.78 Å². The third-order valence-corrected chi connectivity index (χ3v) is 4.80. The maximum absolute atomic E-state index is 12.8. The predicted molar refractivity (Wildman–Crippen MR) is 117 cm³/mol. The number of carbonyl (C=O) groups is 1. The first-order chi connectivity index (χ1) is 14.5. The maximum atomic E-state index is 12.8. The minimum absolute atomic E-state index is 0.0718. The number of carboxylic acid groups (broad SMARTS) is 1. The molecule has 30 heavy (non-hydrogen) atoms. The lowest BCUT2D eigenvalue weighted by molar-refractivity contribution is 0.0698. The molecular formula is C24H19N3O3. The number of hydrogen-bond acceptors (Lipinski definition) is 3. The van der Waals surface area contributed by atoms with E-state index in [2.05, 4.69) is 10.1 Å². The van der Waals surface area contributed by atoms with Crippen LogP contribution in [0.3, 0.4) is 0 Å². The smallest absolute Gasteiger partial charge is 0.337 e. The third-order valence-electron chi connectivity index (χ3n) is 4.80. The first-order valence-corrected chi connectivity index (χ1v) is 9.38. The van der Waals surface area contributed by atoms with Gasteiger partial charge in [0.1, 0.15) is 0 Å². The monoisotopic (exact) mass is 397 g/mol. The molecule has 6 heteroatoms. The summed E-state index contributed by atoms with van der Waals surface area (Å²) < 4.78 is 1.44. The van der Waals surface area contributed by atoms with Gasteiger partial charge in [-0.3, -0.25) is 14.9 Å². The molecule has 0 fully saturated rings. The van der Waals surface area contributed by atoms with Crippen LogP contribution in [0.15, 0.2) is 88.6 Å². The molecule has 6 nitrogen and oxygen atoms in total. The van der Waals surface area contributed by atoms with Crippen molar-refractivity contribution in [3.8, 4) is 16.8 Å². The zero-order valence-corrected chi connectivity index (χ0v) is 16.2. The molecule has 1 aromatic heterocycles. The third kappa shape index (κ3) is 3.71. The van der Waals surface area contributed by atoms with E-state index < -0.39 is 5.97 Å². The number of benzene rings is 3. The maximum Gasteiger partial charge on any atom is 0.337 e. The summed E-state index contributed by atoms with van der Waals surface area (Å²) >= 11 is 0. The number of H-pyrrole nitrogens is 1. The highest BCUT2D eigenvalue weighted by Gasteiger charge is 2.13. The molecule has 0 saturated heterocycles. The van der Waals surface area contributed by atoms with Crippen LogP contribution < -0.4 is 5.56 Å². The van der Waals surface area contributed by atoms with E-state index in [0.29, 0.717) is 16.9 Å². The Bertz CT molecular complexity index is 1290. The predicted octanol–water partition coefficient (Wildman–Crippen LogP) is 4.59. The van der Waals surface area contributed by atoms with Crippen molar-refractivity contribution >= 4 is 17.9 Å². The number of carboxylic acids is 1. The minimum atomic E-state index is -1.07. The number of rotatable bonds is 5. The number of nitrogens with zero attached hydrogens (tertiary/aromatic N) is 2. The summed E-state index contributed by atoms with van der Waals surface area (Å²) in [6.45, 7) is 1.78. The summed E-state index contributed by atoms with van der Waals surface area (Å²) in [6.07, 6.45) is 1.42. The van der Waals surface area contributed by atoms with Gasteiger partial charge in [-0.05, 0) is 42.3 Å². The molecule has 0 atom stereocenters. The second kappa shape index (κ2) is 8.05. The average molecular weight is 397 g/mol. The number of aryl methyl sites for hydroxylation is 1. The molecule has 0 aliphatic rings. The lowest BCUT2D eigenvalue weighted by Crippen LogP contribution is -2.17. The van der Waals surface area contributed by atoms with Crippen molar-refractivity contribution in [2.24, 2.45) is 4.99 Å². The number of nitrogens with one attached hydrogen (secondary N) is 1. The van der Waals surface area contributed by atoms with E-state index in [1.54, 1.807) is 19.1 Å². The largest absolute Gasteiger partial charge is 0.478 e. The molecule has 0 saturated carbocycles. The van der Waals surface area contributed by atoms with Gasteiger partial charge in [-0.2, -0.15) is 0 Å². The summed E-state index contributed by atoms with van der Waals surface area (Å²) in [7, 11) is 0. The first-order valence-electron chi connectivity index (χ1n) is 9.38. The van der Waals surface area contributed by atoms with Crippen LogP contribution in [0.5, 0.6) is 0 Å². The molecule has 1 heterocycles. The van der Waals surface area contributed by atoms with E-state index in [1.165, 1.54) is 17.0 Å². The molecule has 4 aromatic rings.